The van der Waals surface area contributed by atoms with Crippen LogP contribution in [0.15, 0.2) is 28.7 Å². The van der Waals surface area contributed by atoms with E-state index in [9.17, 15) is 0 Å². The van der Waals surface area contributed by atoms with E-state index in [1.165, 1.54) is 0 Å². The zero-order chi connectivity index (χ0) is 11.3. The van der Waals surface area contributed by atoms with Crippen molar-refractivity contribution in [1.29, 1.82) is 0 Å². The first-order valence-electron chi connectivity index (χ1n) is 4.46. The fraction of sp³-hybridized carbons (Fsp3) is 0.375. The Morgan fingerprint density at radius 3 is 2.73 bits per heavy atom. The third kappa shape index (κ3) is 4.12. The van der Waals surface area contributed by atoms with Gasteiger partial charge in [0, 0.05) is 18.9 Å². The third-order valence-electron chi connectivity index (χ3n) is 1.63. The summed E-state index contributed by atoms with van der Waals surface area (Å²) in [6.45, 7) is 2.59. The van der Waals surface area contributed by atoms with Gasteiger partial charge in [0.2, 0.25) is 5.96 Å². The highest BCUT2D eigenvalue weighted by Crippen LogP contribution is 1.96. The molecular formula is C8H15N7. The van der Waals surface area contributed by atoms with Crippen molar-refractivity contribution in [3.63, 3.8) is 0 Å². The molecule has 82 valence electrons. The molecule has 1 unspecified atom stereocenters. The predicted molar refractivity (Wildman–Crippen MR) is 59.1 cm³/mol. The number of hydrogen-bond donors (Lipinski definition) is 3. The Kier molecular flexibility index (Phi) is 3.67. The summed E-state index contributed by atoms with van der Waals surface area (Å²) in [6, 6.07) is -0.0118. The molecule has 0 amide bonds. The van der Waals surface area contributed by atoms with Crippen molar-refractivity contribution in [3.8, 4) is 0 Å². The van der Waals surface area contributed by atoms with Crippen LogP contribution in [0.5, 0.6) is 0 Å². The SMILES string of the molecule is CC(Cn1ccnc1)N=C(N)N=C(N)N. The molecule has 6 N–H and O–H groups in total. The lowest BCUT2D eigenvalue weighted by Gasteiger charge is -2.06. The van der Waals surface area contributed by atoms with E-state index in [4.69, 9.17) is 17.2 Å². The summed E-state index contributed by atoms with van der Waals surface area (Å²) in [7, 11) is 0. The Morgan fingerprint density at radius 2 is 2.20 bits per heavy atom. The fourth-order valence-electron chi connectivity index (χ4n) is 1.13. The van der Waals surface area contributed by atoms with Crippen molar-refractivity contribution in [2.24, 2.45) is 27.2 Å². The largest absolute Gasteiger partial charge is 0.370 e. The van der Waals surface area contributed by atoms with Crippen molar-refractivity contribution in [3.05, 3.63) is 18.7 Å². The van der Waals surface area contributed by atoms with Gasteiger partial charge in [0.25, 0.3) is 0 Å². The standard InChI is InChI=1S/C8H15N7/c1-6(4-15-3-2-12-5-15)13-8(11)14-7(9)10/h2-3,5-6H,4H2,1H3,(H6,9,10,11,13,14). The number of aromatic nitrogens is 2. The maximum atomic E-state index is 5.48. The van der Waals surface area contributed by atoms with Crippen LogP contribution < -0.4 is 17.2 Å². The summed E-state index contributed by atoms with van der Waals surface area (Å²) >= 11 is 0. The fourth-order valence-corrected chi connectivity index (χ4v) is 1.13. The molecular weight excluding hydrogens is 194 g/mol. The topological polar surface area (TPSA) is 121 Å². The molecule has 0 spiro atoms. The second kappa shape index (κ2) is 4.99. The van der Waals surface area contributed by atoms with Gasteiger partial charge in [-0.25, -0.2) is 9.98 Å². The molecule has 0 aliphatic heterocycles. The van der Waals surface area contributed by atoms with E-state index >= 15 is 0 Å². The summed E-state index contributed by atoms with van der Waals surface area (Å²) in [5, 5.41) is 0. The summed E-state index contributed by atoms with van der Waals surface area (Å²) in [6.07, 6.45) is 5.27. The molecule has 1 rings (SSSR count). The summed E-state index contributed by atoms with van der Waals surface area (Å²) in [5.74, 6) is -0.00584. The minimum atomic E-state index is -0.0916. The maximum Gasteiger partial charge on any atom is 0.218 e. The van der Waals surface area contributed by atoms with Gasteiger partial charge in [-0.05, 0) is 6.92 Å². The molecule has 1 aromatic rings. The minimum absolute atomic E-state index is 0.0118. The van der Waals surface area contributed by atoms with Gasteiger partial charge in [-0.1, -0.05) is 0 Å². The van der Waals surface area contributed by atoms with Crippen molar-refractivity contribution < 1.29 is 0 Å². The number of hydrogen-bond acceptors (Lipinski definition) is 2. The van der Waals surface area contributed by atoms with Crippen LogP contribution in [-0.4, -0.2) is 27.5 Å². The highest BCUT2D eigenvalue weighted by Gasteiger charge is 2.01. The predicted octanol–water partition coefficient (Wildman–Crippen LogP) is -1.14. The molecule has 0 aromatic carbocycles. The maximum absolute atomic E-state index is 5.48. The lowest BCUT2D eigenvalue weighted by Crippen LogP contribution is -2.27. The number of imidazole rings is 1. The van der Waals surface area contributed by atoms with Crippen molar-refractivity contribution >= 4 is 11.9 Å². The van der Waals surface area contributed by atoms with Crippen LogP contribution in [-0.2, 0) is 6.54 Å². The van der Waals surface area contributed by atoms with E-state index < -0.39 is 0 Å². The van der Waals surface area contributed by atoms with Gasteiger partial charge < -0.3 is 21.8 Å². The van der Waals surface area contributed by atoms with Crippen LogP contribution in [0.1, 0.15) is 6.92 Å². The Hall–Kier alpha value is -2.05. The smallest absolute Gasteiger partial charge is 0.218 e. The van der Waals surface area contributed by atoms with E-state index in [0.29, 0.717) is 6.54 Å². The second-order valence-corrected chi connectivity index (χ2v) is 3.13. The van der Waals surface area contributed by atoms with Crippen LogP contribution in [0.25, 0.3) is 0 Å². The molecule has 7 nitrogen and oxygen atoms in total. The quantitative estimate of drug-likeness (QED) is 0.430. The van der Waals surface area contributed by atoms with Gasteiger partial charge in [0.1, 0.15) is 0 Å². The van der Waals surface area contributed by atoms with Crippen LogP contribution in [0, 0.1) is 0 Å². The molecule has 0 radical (unpaired) electrons. The van der Waals surface area contributed by atoms with E-state index in [0.717, 1.165) is 0 Å². The summed E-state index contributed by atoms with van der Waals surface area (Å²) in [4.78, 5) is 11.6. The van der Waals surface area contributed by atoms with Gasteiger partial charge in [0.05, 0.1) is 12.4 Å². The van der Waals surface area contributed by atoms with Crippen LogP contribution in [0.2, 0.25) is 0 Å². The Morgan fingerprint density at radius 1 is 1.47 bits per heavy atom. The molecule has 0 saturated carbocycles. The molecule has 7 heteroatoms. The second-order valence-electron chi connectivity index (χ2n) is 3.13. The van der Waals surface area contributed by atoms with Crippen LogP contribution >= 0.6 is 0 Å². The first kappa shape index (κ1) is 11.0. The van der Waals surface area contributed by atoms with Gasteiger partial charge in [-0.2, -0.15) is 4.99 Å². The molecule has 0 aliphatic carbocycles. The van der Waals surface area contributed by atoms with Crippen molar-refractivity contribution in [1.82, 2.24) is 9.55 Å². The molecule has 15 heavy (non-hydrogen) atoms. The Bertz CT molecular complexity index is 347. The zero-order valence-electron chi connectivity index (χ0n) is 8.54. The molecule has 1 aromatic heterocycles. The molecule has 1 atom stereocenters. The number of aliphatic imine (C=N–C) groups is 2. The van der Waals surface area contributed by atoms with Gasteiger partial charge in [0.15, 0.2) is 5.96 Å². The lowest BCUT2D eigenvalue weighted by molar-refractivity contribution is 0.590. The zero-order valence-corrected chi connectivity index (χ0v) is 8.54. The third-order valence-corrected chi connectivity index (χ3v) is 1.63. The minimum Gasteiger partial charge on any atom is -0.370 e. The van der Waals surface area contributed by atoms with E-state index in [1.807, 2.05) is 17.7 Å². The average molecular weight is 209 g/mol. The molecule has 0 bridgehead atoms. The Labute approximate surface area is 87.7 Å². The number of nitrogens with two attached hydrogens (primary N) is 3. The van der Waals surface area contributed by atoms with Crippen LogP contribution in [0.3, 0.4) is 0 Å². The summed E-state index contributed by atoms with van der Waals surface area (Å²) in [5.41, 5.74) is 15.8. The molecule has 0 fully saturated rings. The van der Waals surface area contributed by atoms with Crippen LogP contribution in [0.4, 0.5) is 0 Å². The molecule has 0 saturated heterocycles. The first-order chi connectivity index (χ1) is 7.08. The molecule has 1 heterocycles. The monoisotopic (exact) mass is 209 g/mol. The van der Waals surface area contributed by atoms with Gasteiger partial charge >= 0.3 is 0 Å². The Balaban J connectivity index is 2.55. The van der Waals surface area contributed by atoms with Gasteiger partial charge in [-0.15, -0.1) is 0 Å². The van der Waals surface area contributed by atoms with Crippen molar-refractivity contribution in [2.45, 2.75) is 19.5 Å². The highest BCUT2D eigenvalue weighted by atomic mass is 15.1. The summed E-state index contributed by atoms with van der Waals surface area (Å²) < 4.78 is 1.90. The van der Waals surface area contributed by atoms with E-state index in [-0.39, 0.29) is 18.0 Å². The van der Waals surface area contributed by atoms with Crippen molar-refractivity contribution in [2.75, 3.05) is 0 Å². The average Bonchev–Trinajstić information content (AvgIpc) is 2.53. The molecule has 0 aliphatic rings. The van der Waals surface area contributed by atoms with E-state index in [2.05, 4.69) is 15.0 Å². The lowest BCUT2D eigenvalue weighted by atomic mass is 10.3. The first-order valence-corrected chi connectivity index (χ1v) is 4.46. The van der Waals surface area contributed by atoms with E-state index in [1.54, 1.807) is 12.5 Å². The normalized spacial score (nSPS) is 13.5. The van der Waals surface area contributed by atoms with Gasteiger partial charge in [-0.3, -0.25) is 0 Å². The number of guanidine groups is 2. The number of rotatable bonds is 3. The number of nitrogens with zero attached hydrogens (tertiary/aromatic N) is 4. The highest BCUT2D eigenvalue weighted by molar-refractivity contribution is 5.92.